The van der Waals surface area contributed by atoms with Crippen molar-refractivity contribution in [2.75, 3.05) is 0 Å². The van der Waals surface area contributed by atoms with Crippen molar-refractivity contribution in [3.63, 3.8) is 0 Å². The minimum Gasteiger partial charge on any atom is -0.477 e. The number of hydrogen-bond acceptors (Lipinski definition) is 1. The average Bonchev–Trinajstić information content (AvgIpc) is 2.99. The highest BCUT2D eigenvalue weighted by Gasteiger charge is 2.19. The van der Waals surface area contributed by atoms with Crippen molar-refractivity contribution in [2.45, 2.75) is 90.4 Å². The third-order valence-electron chi connectivity index (χ3n) is 4.50. The fraction of sp³-hybridized carbons (Fsp3) is 0.737. The van der Waals surface area contributed by atoms with Crippen LogP contribution in [0.5, 0.6) is 0 Å². The van der Waals surface area contributed by atoms with Crippen LogP contribution in [-0.4, -0.2) is 16.1 Å². The Labute approximate surface area is 135 Å². The molecule has 0 aliphatic carbocycles. The average molecular weight is 307 g/mol. The third kappa shape index (κ3) is 6.67. The molecule has 3 heteroatoms. The fourth-order valence-electron chi connectivity index (χ4n) is 3.16. The highest BCUT2D eigenvalue weighted by molar-refractivity contribution is 5.87. The zero-order valence-electron chi connectivity index (χ0n) is 14.4. The van der Waals surface area contributed by atoms with Gasteiger partial charge in [0.1, 0.15) is 5.69 Å². The summed E-state index contributed by atoms with van der Waals surface area (Å²) in [6.45, 7) is 4.44. The van der Waals surface area contributed by atoms with E-state index >= 15 is 0 Å². The normalized spacial score (nSPS) is 12.5. The van der Waals surface area contributed by atoms with E-state index in [1.54, 1.807) is 6.20 Å². The number of carboxylic acid groups (broad SMARTS) is 1. The van der Waals surface area contributed by atoms with Gasteiger partial charge in [-0.2, -0.15) is 0 Å². The first-order valence-electron chi connectivity index (χ1n) is 9.11. The van der Waals surface area contributed by atoms with Crippen molar-refractivity contribution in [3.05, 3.63) is 23.5 Å². The first-order valence-corrected chi connectivity index (χ1v) is 9.11. The van der Waals surface area contributed by atoms with Gasteiger partial charge in [0.05, 0.1) is 0 Å². The molecule has 1 aromatic heterocycles. The summed E-state index contributed by atoms with van der Waals surface area (Å²) in [6, 6.07) is 1.96. The standard InChI is InChI=1S/C19H33NO2/c1-3-5-7-8-9-10-11-13-16(12-6-4-2)17-14-15-20-18(17)19(21)22/h14-16,20H,3-13H2,1-2H3,(H,21,22). The maximum absolute atomic E-state index is 11.3. The number of aromatic nitrogens is 1. The van der Waals surface area contributed by atoms with Crippen molar-refractivity contribution < 1.29 is 9.90 Å². The van der Waals surface area contributed by atoms with Gasteiger partial charge in [-0.05, 0) is 30.4 Å². The second-order valence-corrected chi connectivity index (χ2v) is 6.36. The Balaban J connectivity index is 2.44. The largest absolute Gasteiger partial charge is 0.477 e. The molecular formula is C19H33NO2. The maximum atomic E-state index is 11.3. The second-order valence-electron chi connectivity index (χ2n) is 6.36. The van der Waals surface area contributed by atoms with Crippen LogP contribution in [-0.2, 0) is 0 Å². The number of H-pyrrole nitrogens is 1. The summed E-state index contributed by atoms with van der Waals surface area (Å²) in [4.78, 5) is 14.2. The molecule has 0 aliphatic heterocycles. The summed E-state index contributed by atoms with van der Waals surface area (Å²) < 4.78 is 0. The van der Waals surface area contributed by atoms with Crippen LogP contribution < -0.4 is 0 Å². The third-order valence-corrected chi connectivity index (χ3v) is 4.50. The van der Waals surface area contributed by atoms with E-state index in [1.807, 2.05) is 6.07 Å². The maximum Gasteiger partial charge on any atom is 0.352 e. The molecule has 22 heavy (non-hydrogen) atoms. The SMILES string of the molecule is CCCCCCCCCC(CCCC)c1cc[nH]c1C(=O)O. The Morgan fingerprint density at radius 2 is 1.59 bits per heavy atom. The molecule has 1 atom stereocenters. The van der Waals surface area contributed by atoms with Gasteiger partial charge in [0.15, 0.2) is 0 Å². The summed E-state index contributed by atoms with van der Waals surface area (Å²) in [7, 11) is 0. The van der Waals surface area contributed by atoms with Crippen LogP contribution in [0, 0.1) is 0 Å². The quantitative estimate of drug-likeness (QED) is 0.431. The van der Waals surface area contributed by atoms with E-state index in [1.165, 1.54) is 57.8 Å². The van der Waals surface area contributed by atoms with E-state index in [0.717, 1.165) is 18.4 Å². The molecule has 0 aromatic carbocycles. The van der Waals surface area contributed by atoms with E-state index in [-0.39, 0.29) is 0 Å². The van der Waals surface area contributed by atoms with Crippen LogP contribution in [0.2, 0.25) is 0 Å². The first kappa shape index (κ1) is 18.8. The van der Waals surface area contributed by atoms with Gasteiger partial charge >= 0.3 is 5.97 Å². The predicted octanol–water partition coefficient (Wildman–Crippen LogP) is 6.13. The van der Waals surface area contributed by atoms with E-state index in [4.69, 9.17) is 0 Å². The number of hydrogen-bond donors (Lipinski definition) is 2. The predicted molar refractivity (Wildman–Crippen MR) is 92.6 cm³/mol. The molecule has 0 fully saturated rings. The van der Waals surface area contributed by atoms with Crippen LogP contribution in [0.4, 0.5) is 0 Å². The Morgan fingerprint density at radius 1 is 1.00 bits per heavy atom. The van der Waals surface area contributed by atoms with Crippen LogP contribution in [0.25, 0.3) is 0 Å². The van der Waals surface area contributed by atoms with Gasteiger partial charge in [-0.3, -0.25) is 0 Å². The molecule has 2 N–H and O–H groups in total. The second kappa shape index (κ2) is 11.3. The molecule has 0 bridgehead atoms. The molecule has 0 amide bonds. The number of aromatic amines is 1. The number of nitrogens with one attached hydrogen (secondary N) is 1. The van der Waals surface area contributed by atoms with E-state index in [9.17, 15) is 9.90 Å². The van der Waals surface area contributed by atoms with Gasteiger partial charge in [-0.1, -0.05) is 71.6 Å². The highest BCUT2D eigenvalue weighted by atomic mass is 16.4. The molecule has 1 unspecified atom stereocenters. The molecule has 1 rings (SSSR count). The topological polar surface area (TPSA) is 53.1 Å². The molecule has 1 heterocycles. The molecule has 3 nitrogen and oxygen atoms in total. The van der Waals surface area contributed by atoms with Gasteiger partial charge in [0, 0.05) is 6.20 Å². The van der Waals surface area contributed by atoms with Crippen molar-refractivity contribution in [1.82, 2.24) is 4.98 Å². The monoisotopic (exact) mass is 307 g/mol. The molecule has 0 spiro atoms. The highest BCUT2D eigenvalue weighted by Crippen LogP contribution is 2.30. The number of unbranched alkanes of at least 4 members (excludes halogenated alkanes) is 7. The Morgan fingerprint density at radius 3 is 2.23 bits per heavy atom. The van der Waals surface area contributed by atoms with Gasteiger partial charge in [0.25, 0.3) is 0 Å². The van der Waals surface area contributed by atoms with Crippen molar-refractivity contribution in [3.8, 4) is 0 Å². The van der Waals surface area contributed by atoms with Gasteiger partial charge in [-0.25, -0.2) is 4.79 Å². The molecule has 0 saturated heterocycles. The van der Waals surface area contributed by atoms with Crippen molar-refractivity contribution >= 4 is 5.97 Å². The van der Waals surface area contributed by atoms with Gasteiger partial charge < -0.3 is 10.1 Å². The van der Waals surface area contributed by atoms with Crippen LogP contribution in [0.3, 0.4) is 0 Å². The number of carbonyl (C=O) groups is 1. The Hall–Kier alpha value is -1.25. The molecule has 1 aromatic rings. The van der Waals surface area contributed by atoms with Crippen LogP contribution >= 0.6 is 0 Å². The van der Waals surface area contributed by atoms with Crippen LogP contribution in [0.15, 0.2) is 12.3 Å². The molecule has 0 aliphatic rings. The first-order chi connectivity index (χ1) is 10.7. The Kier molecular flexibility index (Phi) is 9.69. The summed E-state index contributed by atoms with van der Waals surface area (Å²) in [6.07, 6.45) is 15.5. The lowest BCUT2D eigenvalue weighted by Gasteiger charge is -2.16. The lowest BCUT2D eigenvalue weighted by Crippen LogP contribution is -2.06. The van der Waals surface area contributed by atoms with Crippen molar-refractivity contribution in [1.29, 1.82) is 0 Å². The summed E-state index contributed by atoms with van der Waals surface area (Å²) in [5.41, 5.74) is 1.40. The van der Waals surface area contributed by atoms with Crippen molar-refractivity contribution in [2.24, 2.45) is 0 Å². The molecule has 0 saturated carbocycles. The smallest absolute Gasteiger partial charge is 0.352 e. The number of carboxylic acids is 1. The fourth-order valence-corrected chi connectivity index (χ4v) is 3.16. The van der Waals surface area contributed by atoms with Gasteiger partial charge in [0.2, 0.25) is 0 Å². The lowest BCUT2D eigenvalue weighted by molar-refractivity contribution is 0.0689. The van der Waals surface area contributed by atoms with E-state index < -0.39 is 5.97 Å². The molecular weight excluding hydrogens is 274 g/mol. The lowest BCUT2D eigenvalue weighted by atomic mass is 9.88. The van der Waals surface area contributed by atoms with E-state index in [0.29, 0.717) is 11.6 Å². The summed E-state index contributed by atoms with van der Waals surface area (Å²) in [5.74, 6) is -0.436. The molecule has 126 valence electrons. The number of rotatable bonds is 13. The minimum atomic E-state index is -0.832. The zero-order valence-corrected chi connectivity index (χ0v) is 14.4. The zero-order chi connectivity index (χ0) is 16.2. The van der Waals surface area contributed by atoms with Gasteiger partial charge in [-0.15, -0.1) is 0 Å². The minimum absolute atomic E-state index is 0.393. The summed E-state index contributed by atoms with van der Waals surface area (Å²) in [5, 5.41) is 9.29. The number of aromatic carboxylic acids is 1. The molecule has 0 radical (unpaired) electrons. The Bertz CT molecular complexity index is 411. The van der Waals surface area contributed by atoms with Crippen LogP contribution in [0.1, 0.15) is 106 Å². The summed E-state index contributed by atoms with van der Waals surface area (Å²) >= 11 is 0. The van der Waals surface area contributed by atoms with E-state index in [2.05, 4.69) is 18.8 Å².